The van der Waals surface area contributed by atoms with Gasteiger partial charge in [-0.05, 0) is 17.5 Å². The molecule has 1 aromatic carbocycles. The number of nitrogens with zero attached hydrogens (tertiary/aromatic N) is 2. The zero-order valence-electron chi connectivity index (χ0n) is 11.0. The second-order valence-corrected chi connectivity index (χ2v) is 5.42. The molecule has 2 heterocycles. The average Bonchev–Trinajstić information content (AvgIpc) is 3.16. The lowest BCUT2D eigenvalue weighted by atomic mass is 10.1. The zero-order valence-corrected chi connectivity index (χ0v) is 11.9. The molecule has 3 rings (SSSR count). The number of aromatic nitrogens is 2. The molecule has 0 N–H and O–H groups in total. The predicted molar refractivity (Wildman–Crippen MR) is 76.7 cm³/mol. The third kappa shape index (κ3) is 2.67. The predicted octanol–water partition coefficient (Wildman–Crippen LogP) is 4.32. The van der Waals surface area contributed by atoms with E-state index in [2.05, 4.69) is 5.10 Å². The van der Waals surface area contributed by atoms with E-state index >= 15 is 0 Å². The Bertz CT molecular complexity index is 792. The number of alkyl halides is 3. The van der Waals surface area contributed by atoms with E-state index in [9.17, 15) is 18.0 Å². The highest BCUT2D eigenvalue weighted by Crippen LogP contribution is 2.32. The van der Waals surface area contributed by atoms with Gasteiger partial charge < -0.3 is 0 Å². The first-order valence-electron chi connectivity index (χ1n) is 6.28. The molecule has 0 amide bonds. The standard InChI is InChI=1S/C15H9F3N2OS/c16-15(17,18)13-9-11(10-5-2-1-3-6-10)20(19-13)14(21)12-7-4-8-22-12/h1-9H. The monoisotopic (exact) mass is 322 g/mol. The lowest BCUT2D eigenvalue weighted by molar-refractivity contribution is -0.141. The van der Waals surface area contributed by atoms with Gasteiger partial charge in [0.15, 0.2) is 5.69 Å². The van der Waals surface area contributed by atoms with Crippen LogP contribution in [-0.4, -0.2) is 15.7 Å². The molecule has 0 bridgehead atoms. The summed E-state index contributed by atoms with van der Waals surface area (Å²) in [7, 11) is 0. The first-order chi connectivity index (χ1) is 10.5. The largest absolute Gasteiger partial charge is 0.435 e. The second kappa shape index (κ2) is 5.42. The number of halogens is 3. The number of hydrogen-bond acceptors (Lipinski definition) is 3. The fourth-order valence-electron chi connectivity index (χ4n) is 1.99. The molecule has 0 fully saturated rings. The quantitative estimate of drug-likeness (QED) is 0.704. The van der Waals surface area contributed by atoms with Gasteiger partial charge in [0, 0.05) is 5.56 Å². The number of rotatable bonds is 2. The number of carbonyl (C=O) groups is 1. The van der Waals surface area contributed by atoms with Crippen molar-refractivity contribution in [2.24, 2.45) is 0 Å². The lowest BCUT2D eigenvalue weighted by Gasteiger charge is -2.04. The van der Waals surface area contributed by atoms with E-state index in [1.54, 1.807) is 47.8 Å². The molecule has 0 spiro atoms. The number of benzene rings is 1. The van der Waals surface area contributed by atoms with Crippen molar-refractivity contribution >= 4 is 17.2 Å². The van der Waals surface area contributed by atoms with Gasteiger partial charge in [-0.3, -0.25) is 4.79 Å². The lowest BCUT2D eigenvalue weighted by Crippen LogP contribution is -2.15. The Hall–Kier alpha value is -2.41. The molecular formula is C15H9F3N2OS. The molecule has 2 aromatic heterocycles. The molecule has 0 unspecified atom stereocenters. The van der Waals surface area contributed by atoms with E-state index in [1.807, 2.05) is 0 Å². The van der Waals surface area contributed by atoms with Crippen LogP contribution in [-0.2, 0) is 6.18 Å². The second-order valence-electron chi connectivity index (χ2n) is 4.47. The van der Waals surface area contributed by atoms with Crippen LogP contribution < -0.4 is 0 Å². The Kier molecular flexibility index (Phi) is 3.58. The van der Waals surface area contributed by atoms with Crippen molar-refractivity contribution in [3.05, 3.63) is 64.5 Å². The molecule has 0 aliphatic rings. The van der Waals surface area contributed by atoms with Crippen molar-refractivity contribution in [3.8, 4) is 11.3 Å². The molecule has 22 heavy (non-hydrogen) atoms. The third-order valence-corrected chi connectivity index (χ3v) is 3.85. The van der Waals surface area contributed by atoms with Crippen molar-refractivity contribution in [2.75, 3.05) is 0 Å². The summed E-state index contributed by atoms with van der Waals surface area (Å²) in [6, 6.07) is 12.5. The fraction of sp³-hybridized carbons (Fsp3) is 0.0667. The SMILES string of the molecule is O=C(c1cccs1)n1nc(C(F)(F)F)cc1-c1ccccc1. The van der Waals surface area contributed by atoms with Gasteiger partial charge in [-0.15, -0.1) is 11.3 Å². The van der Waals surface area contributed by atoms with Crippen LogP contribution in [0.3, 0.4) is 0 Å². The smallest absolute Gasteiger partial charge is 0.266 e. The number of carbonyl (C=O) groups excluding carboxylic acids is 1. The van der Waals surface area contributed by atoms with Gasteiger partial charge in [0.1, 0.15) is 0 Å². The molecule has 0 aliphatic heterocycles. The number of thiophene rings is 1. The average molecular weight is 322 g/mol. The van der Waals surface area contributed by atoms with Gasteiger partial charge >= 0.3 is 6.18 Å². The Labute approximate surface area is 127 Å². The van der Waals surface area contributed by atoms with Gasteiger partial charge in [-0.25, -0.2) is 0 Å². The molecule has 0 saturated heterocycles. The Morgan fingerprint density at radius 1 is 1.09 bits per heavy atom. The van der Waals surface area contributed by atoms with Crippen LogP contribution in [0, 0.1) is 0 Å². The van der Waals surface area contributed by atoms with Crippen LogP contribution in [0.4, 0.5) is 13.2 Å². The molecular weight excluding hydrogens is 313 g/mol. The van der Waals surface area contributed by atoms with Crippen molar-refractivity contribution in [3.63, 3.8) is 0 Å². The highest BCUT2D eigenvalue weighted by Gasteiger charge is 2.36. The van der Waals surface area contributed by atoms with Gasteiger partial charge in [-0.2, -0.15) is 23.0 Å². The van der Waals surface area contributed by atoms with Crippen LogP contribution in [0.25, 0.3) is 11.3 Å². The third-order valence-electron chi connectivity index (χ3n) is 2.99. The van der Waals surface area contributed by atoms with E-state index in [0.29, 0.717) is 10.4 Å². The molecule has 7 heteroatoms. The normalized spacial score (nSPS) is 11.6. The highest BCUT2D eigenvalue weighted by atomic mass is 32.1. The van der Waals surface area contributed by atoms with Crippen molar-refractivity contribution < 1.29 is 18.0 Å². The van der Waals surface area contributed by atoms with E-state index in [-0.39, 0.29) is 5.69 Å². The van der Waals surface area contributed by atoms with Crippen molar-refractivity contribution in [1.29, 1.82) is 0 Å². The molecule has 3 aromatic rings. The molecule has 0 aliphatic carbocycles. The Morgan fingerprint density at radius 2 is 1.82 bits per heavy atom. The molecule has 3 nitrogen and oxygen atoms in total. The summed E-state index contributed by atoms with van der Waals surface area (Å²) in [5.41, 5.74) is -0.474. The zero-order chi connectivity index (χ0) is 15.7. The van der Waals surface area contributed by atoms with Crippen LogP contribution in [0.15, 0.2) is 53.9 Å². The van der Waals surface area contributed by atoms with Gasteiger partial charge in [0.05, 0.1) is 10.6 Å². The van der Waals surface area contributed by atoms with Crippen LogP contribution in [0.1, 0.15) is 15.4 Å². The van der Waals surface area contributed by atoms with E-state index in [0.717, 1.165) is 22.1 Å². The molecule has 112 valence electrons. The van der Waals surface area contributed by atoms with Crippen molar-refractivity contribution in [1.82, 2.24) is 9.78 Å². The van der Waals surface area contributed by atoms with E-state index in [4.69, 9.17) is 0 Å². The maximum atomic E-state index is 12.9. The highest BCUT2D eigenvalue weighted by molar-refractivity contribution is 7.12. The minimum Gasteiger partial charge on any atom is -0.266 e. The topological polar surface area (TPSA) is 34.9 Å². The van der Waals surface area contributed by atoms with E-state index < -0.39 is 17.8 Å². The maximum Gasteiger partial charge on any atom is 0.435 e. The molecule has 0 atom stereocenters. The van der Waals surface area contributed by atoms with Gasteiger partial charge in [0.25, 0.3) is 5.91 Å². The summed E-state index contributed by atoms with van der Waals surface area (Å²) in [6.45, 7) is 0. The summed E-state index contributed by atoms with van der Waals surface area (Å²) in [5.74, 6) is -0.579. The first kappa shape index (κ1) is 14.5. The Balaban J connectivity index is 2.16. The van der Waals surface area contributed by atoms with Gasteiger partial charge in [-0.1, -0.05) is 36.4 Å². The van der Waals surface area contributed by atoms with Crippen molar-refractivity contribution in [2.45, 2.75) is 6.18 Å². The van der Waals surface area contributed by atoms with Crippen LogP contribution >= 0.6 is 11.3 Å². The summed E-state index contributed by atoms with van der Waals surface area (Å²) >= 11 is 1.15. The first-order valence-corrected chi connectivity index (χ1v) is 7.15. The van der Waals surface area contributed by atoms with Crippen LogP contribution in [0.5, 0.6) is 0 Å². The maximum absolute atomic E-state index is 12.9. The molecule has 0 saturated carbocycles. The van der Waals surface area contributed by atoms with Gasteiger partial charge in [0.2, 0.25) is 0 Å². The molecule has 0 radical (unpaired) electrons. The minimum atomic E-state index is -4.61. The fourth-order valence-corrected chi connectivity index (χ4v) is 2.64. The summed E-state index contributed by atoms with van der Waals surface area (Å²) in [6.07, 6.45) is -4.61. The summed E-state index contributed by atoms with van der Waals surface area (Å²) in [5, 5.41) is 5.15. The summed E-state index contributed by atoms with van der Waals surface area (Å²) in [4.78, 5) is 12.7. The van der Waals surface area contributed by atoms with E-state index in [1.165, 1.54) is 0 Å². The van der Waals surface area contributed by atoms with Crippen LogP contribution in [0.2, 0.25) is 0 Å². The Morgan fingerprint density at radius 3 is 2.41 bits per heavy atom. The number of hydrogen-bond donors (Lipinski definition) is 0. The summed E-state index contributed by atoms with van der Waals surface area (Å²) < 4.78 is 39.6. The minimum absolute atomic E-state index is 0.117.